The quantitative estimate of drug-likeness (QED) is 0.879. The van der Waals surface area contributed by atoms with E-state index < -0.39 is 0 Å². The SMILES string of the molecule is CC1CCCN(CCC(=O)NCc2ccncc2)C1. The molecule has 19 heavy (non-hydrogen) atoms. The molecule has 0 radical (unpaired) electrons. The highest BCUT2D eigenvalue weighted by molar-refractivity contribution is 5.76. The van der Waals surface area contributed by atoms with E-state index in [-0.39, 0.29) is 5.91 Å². The number of carbonyl (C=O) groups excluding carboxylic acids is 1. The van der Waals surface area contributed by atoms with Crippen molar-refractivity contribution >= 4 is 5.91 Å². The Morgan fingerprint density at radius 1 is 1.47 bits per heavy atom. The molecular formula is C15H23N3O. The number of amides is 1. The lowest BCUT2D eigenvalue weighted by atomic mass is 10.0. The Morgan fingerprint density at radius 2 is 2.26 bits per heavy atom. The fraction of sp³-hybridized carbons (Fsp3) is 0.600. The van der Waals surface area contributed by atoms with E-state index in [1.807, 2.05) is 12.1 Å². The molecule has 0 aliphatic carbocycles. The smallest absolute Gasteiger partial charge is 0.221 e. The molecule has 0 saturated carbocycles. The number of likely N-dealkylation sites (tertiary alicyclic amines) is 1. The summed E-state index contributed by atoms with van der Waals surface area (Å²) in [6.07, 6.45) is 6.68. The molecule has 104 valence electrons. The Balaban J connectivity index is 1.64. The lowest BCUT2D eigenvalue weighted by Crippen LogP contribution is -2.37. The summed E-state index contributed by atoms with van der Waals surface area (Å²) >= 11 is 0. The van der Waals surface area contributed by atoms with E-state index in [4.69, 9.17) is 0 Å². The van der Waals surface area contributed by atoms with Crippen LogP contribution in [0.25, 0.3) is 0 Å². The van der Waals surface area contributed by atoms with Gasteiger partial charge in [0, 0.05) is 38.4 Å². The molecule has 0 aromatic carbocycles. The van der Waals surface area contributed by atoms with Crippen LogP contribution in [0.1, 0.15) is 31.7 Å². The second-order valence-corrected chi connectivity index (χ2v) is 5.43. The standard InChI is InChI=1S/C15H23N3O/c1-13-3-2-9-18(12-13)10-6-15(19)17-11-14-4-7-16-8-5-14/h4-5,7-8,13H,2-3,6,9-12H2,1H3,(H,17,19). The number of aromatic nitrogens is 1. The molecule has 1 aliphatic rings. The second kappa shape index (κ2) is 7.24. The molecule has 1 aromatic heterocycles. The molecule has 4 nitrogen and oxygen atoms in total. The minimum Gasteiger partial charge on any atom is -0.352 e. The average Bonchev–Trinajstić information content (AvgIpc) is 2.44. The first-order valence-corrected chi connectivity index (χ1v) is 7.12. The maximum absolute atomic E-state index is 11.8. The van der Waals surface area contributed by atoms with Gasteiger partial charge in [-0.05, 0) is 43.0 Å². The first kappa shape index (κ1) is 14.0. The van der Waals surface area contributed by atoms with Crippen molar-refractivity contribution in [2.45, 2.75) is 32.7 Å². The summed E-state index contributed by atoms with van der Waals surface area (Å²) in [5.41, 5.74) is 1.09. The van der Waals surface area contributed by atoms with Crippen LogP contribution >= 0.6 is 0 Å². The van der Waals surface area contributed by atoms with E-state index in [0.717, 1.165) is 31.1 Å². The second-order valence-electron chi connectivity index (χ2n) is 5.43. The van der Waals surface area contributed by atoms with E-state index in [9.17, 15) is 4.79 Å². The molecular weight excluding hydrogens is 238 g/mol. The third-order valence-electron chi connectivity index (χ3n) is 3.64. The van der Waals surface area contributed by atoms with Gasteiger partial charge in [-0.2, -0.15) is 0 Å². The van der Waals surface area contributed by atoms with E-state index >= 15 is 0 Å². The highest BCUT2D eigenvalue weighted by Gasteiger charge is 2.16. The summed E-state index contributed by atoms with van der Waals surface area (Å²) in [6, 6.07) is 3.85. The van der Waals surface area contributed by atoms with Gasteiger partial charge in [0.2, 0.25) is 5.91 Å². The van der Waals surface area contributed by atoms with E-state index in [2.05, 4.69) is 22.1 Å². The zero-order valence-electron chi connectivity index (χ0n) is 11.6. The Labute approximate surface area is 115 Å². The molecule has 1 amide bonds. The lowest BCUT2D eigenvalue weighted by molar-refractivity contribution is -0.121. The molecule has 1 unspecified atom stereocenters. The van der Waals surface area contributed by atoms with Crippen LogP contribution in [-0.2, 0) is 11.3 Å². The molecule has 2 heterocycles. The van der Waals surface area contributed by atoms with Gasteiger partial charge in [-0.15, -0.1) is 0 Å². The van der Waals surface area contributed by atoms with Gasteiger partial charge in [-0.1, -0.05) is 6.92 Å². The Kier molecular flexibility index (Phi) is 5.33. The minimum absolute atomic E-state index is 0.134. The molecule has 1 fully saturated rings. The van der Waals surface area contributed by atoms with Crippen LogP contribution in [0.3, 0.4) is 0 Å². The normalized spacial score (nSPS) is 20.2. The van der Waals surface area contributed by atoms with Crippen molar-refractivity contribution in [3.8, 4) is 0 Å². The summed E-state index contributed by atoms with van der Waals surface area (Å²) in [5.74, 6) is 0.906. The number of piperidine rings is 1. The van der Waals surface area contributed by atoms with Gasteiger partial charge in [0.1, 0.15) is 0 Å². The van der Waals surface area contributed by atoms with Crippen molar-refractivity contribution in [1.29, 1.82) is 0 Å². The third-order valence-corrected chi connectivity index (χ3v) is 3.64. The molecule has 0 spiro atoms. The Morgan fingerprint density at radius 3 is 3.00 bits per heavy atom. The number of carbonyl (C=O) groups is 1. The Bertz CT molecular complexity index is 394. The van der Waals surface area contributed by atoms with Crippen molar-refractivity contribution < 1.29 is 4.79 Å². The molecule has 2 rings (SSSR count). The van der Waals surface area contributed by atoms with Gasteiger partial charge in [0.05, 0.1) is 0 Å². The summed E-state index contributed by atoms with van der Waals surface area (Å²) in [7, 11) is 0. The third kappa shape index (κ3) is 4.99. The molecule has 1 atom stereocenters. The predicted molar refractivity (Wildman–Crippen MR) is 75.5 cm³/mol. The molecule has 1 saturated heterocycles. The van der Waals surface area contributed by atoms with Crippen molar-refractivity contribution in [3.63, 3.8) is 0 Å². The molecule has 4 heteroatoms. The first-order chi connectivity index (χ1) is 9.24. The van der Waals surface area contributed by atoms with Crippen molar-refractivity contribution in [2.24, 2.45) is 5.92 Å². The number of hydrogen-bond acceptors (Lipinski definition) is 3. The minimum atomic E-state index is 0.134. The molecule has 1 N–H and O–H groups in total. The van der Waals surface area contributed by atoms with Crippen molar-refractivity contribution in [3.05, 3.63) is 30.1 Å². The average molecular weight is 261 g/mol. The maximum atomic E-state index is 11.8. The molecule has 1 aromatic rings. The maximum Gasteiger partial charge on any atom is 0.221 e. The van der Waals surface area contributed by atoms with Crippen LogP contribution in [0, 0.1) is 5.92 Å². The monoisotopic (exact) mass is 261 g/mol. The number of hydrogen-bond donors (Lipinski definition) is 1. The number of rotatable bonds is 5. The molecule has 1 aliphatic heterocycles. The number of nitrogens with zero attached hydrogens (tertiary/aromatic N) is 2. The van der Waals surface area contributed by atoms with Crippen LogP contribution in [0.5, 0.6) is 0 Å². The predicted octanol–water partition coefficient (Wildman–Crippen LogP) is 1.82. The fourth-order valence-corrected chi connectivity index (χ4v) is 2.54. The largest absolute Gasteiger partial charge is 0.352 e. The number of nitrogens with one attached hydrogen (secondary N) is 1. The summed E-state index contributed by atoms with van der Waals surface area (Å²) < 4.78 is 0. The van der Waals surface area contributed by atoms with Crippen LogP contribution in [0.2, 0.25) is 0 Å². The van der Waals surface area contributed by atoms with Crippen molar-refractivity contribution in [2.75, 3.05) is 19.6 Å². The van der Waals surface area contributed by atoms with Gasteiger partial charge in [0.25, 0.3) is 0 Å². The van der Waals surface area contributed by atoms with E-state index in [0.29, 0.717) is 13.0 Å². The van der Waals surface area contributed by atoms with E-state index in [1.54, 1.807) is 12.4 Å². The van der Waals surface area contributed by atoms with Gasteiger partial charge in [-0.25, -0.2) is 0 Å². The first-order valence-electron chi connectivity index (χ1n) is 7.12. The lowest BCUT2D eigenvalue weighted by Gasteiger charge is -2.30. The van der Waals surface area contributed by atoms with Gasteiger partial charge >= 0.3 is 0 Å². The number of pyridine rings is 1. The van der Waals surface area contributed by atoms with Crippen LogP contribution < -0.4 is 5.32 Å². The highest BCUT2D eigenvalue weighted by atomic mass is 16.1. The van der Waals surface area contributed by atoms with Gasteiger partial charge in [0.15, 0.2) is 0 Å². The zero-order chi connectivity index (χ0) is 13.5. The Hall–Kier alpha value is -1.42. The van der Waals surface area contributed by atoms with Crippen LogP contribution in [0.15, 0.2) is 24.5 Å². The topological polar surface area (TPSA) is 45.2 Å². The summed E-state index contributed by atoms with van der Waals surface area (Å²) in [6.45, 7) is 6.04. The summed E-state index contributed by atoms with van der Waals surface area (Å²) in [5, 5.41) is 2.96. The van der Waals surface area contributed by atoms with Crippen molar-refractivity contribution in [1.82, 2.24) is 15.2 Å². The van der Waals surface area contributed by atoms with Crippen LogP contribution in [0.4, 0.5) is 0 Å². The van der Waals surface area contributed by atoms with Gasteiger partial charge < -0.3 is 10.2 Å². The molecule has 0 bridgehead atoms. The van der Waals surface area contributed by atoms with Crippen LogP contribution in [-0.4, -0.2) is 35.4 Å². The fourth-order valence-electron chi connectivity index (χ4n) is 2.54. The highest BCUT2D eigenvalue weighted by Crippen LogP contribution is 2.15. The van der Waals surface area contributed by atoms with E-state index in [1.165, 1.54) is 12.8 Å². The summed E-state index contributed by atoms with van der Waals surface area (Å²) in [4.78, 5) is 18.1. The zero-order valence-corrected chi connectivity index (χ0v) is 11.6. The van der Waals surface area contributed by atoms with Gasteiger partial charge in [-0.3, -0.25) is 9.78 Å².